The summed E-state index contributed by atoms with van der Waals surface area (Å²) in [7, 11) is 0. The molecular formula is C27H26ClNO4. The molecule has 0 spiro atoms. The summed E-state index contributed by atoms with van der Waals surface area (Å²) in [5.74, 6) is 0. The molecule has 3 aromatic carbocycles. The molecule has 33 heavy (non-hydrogen) atoms. The van der Waals surface area contributed by atoms with Crippen LogP contribution in [0.5, 0.6) is 0 Å². The Hall–Kier alpha value is -2.67. The Bertz CT molecular complexity index is 1240. The number of rotatable bonds is 5. The van der Waals surface area contributed by atoms with Gasteiger partial charge in [-0.1, -0.05) is 78.3 Å². The van der Waals surface area contributed by atoms with Gasteiger partial charge in [0.05, 0.1) is 29.4 Å². The van der Waals surface area contributed by atoms with E-state index in [2.05, 4.69) is 41.0 Å². The van der Waals surface area contributed by atoms with Crippen LogP contribution in [0.15, 0.2) is 79.0 Å². The molecule has 1 aromatic heterocycles. The van der Waals surface area contributed by atoms with E-state index in [0.29, 0.717) is 11.6 Å². The van der Waals surface area contributed by atoms with Gasteiger partial charge in [-0.3, -0.25) is 0 Å². The van der Waals surface area contributed by atoms with E-state index in [0.717, 1.165) is 27.6 Å². The second kappa shape index (κ2) is 9.29. The summed E-state index contributed by atoms with van der Waals surface area (Å²) < 4.78 is 8.02. The van der Waals surface area contributed by atoms with Gasteiger partial charge in [-0.2, -0.15) is 0 Å². The molecule has 170 valence electrons. The Kier molecular flexibility index (Phi) is 6.23. The normalized spacial score (nSPS) is 23.2. The molecule has 6 heteroatoms. The summed E-state index contributed by atoms with van der Waals surface area (Å²) in [4.78, 5) is 0. The summed E-state index contributed by atoms with van der Waals surface area (Å²) in [5, 5.41) is 32.0. The number of fused-ring (bicyclic) bond motifs is 1. The number of hydrogen-bond donors (Lipinski definition) is 3. The van der Waals surface area contributed by atoms with Gasteiger partial charge in [0.1, 0.15) is 12.2 Å². The third kappa shape index (κ3) is 4.31. The molecule has 0 amide bonds. The number of nitrogens with zero attached hydrogens (tertiary/aromatic N) is 1. The molecule has 2 heterocycles. The van der Waals surface area contributed by atoms with E-state index in [1.807, 2.05) is 42.6 Å². The number of aliphatic hydroxyl groups is 3. The smallest absolute Gasteiger partial charge is 0.113 e. The minimum atomic E-state index is -1.09. The third-order valence-electron chi connectivity index (χ3n) is 6.35. The van der Waals surface area contributed by atoms with Gasteiger partial charge < -0.3 is 24.6 Å². The van der Waals surface area contributed by atoms with Crippen molar-refractivity contribution in [1.29, 1.82) is 0 Å². The average molecular weight is 464 g/mol. The third-order valence-corrected chi connectivity index (χ3v) is 6.66. The lowest BCUT2D eigenvalue weighted by Gasteiger charge is -2.36. The second-order valence-corrected chi connectivity index (χ2v) is 8.97. The Labute approximate surface area is 197 Å². The maximum Gasteiger partial charge on any atom is 0.113 e. The van der Waals surface area contributed by atoms with Crippen molar-refractivity contribution in [3.63, 3.8) is 0 Å². The van der Waals surface area contributed by atoms with Crippen molar-refractivity contribution in [1.82, 2.24) is 4.57 Å². The van der Waals surface area contributed by atoms with E-state index >= 15 is 0 Å². The van der Waals surface area contributed by atoms with E-state index in [9.17, 15) is 15.3 Å². The van der Waals surface area contributed by atoms with Gasteiger partial charge in [0, 0.05) is 30.1 Å². The van der Waals surface area contributed by atoms with Crippen LogP contribution >= 0.6 is 11.6 Å². The molecule has 4 atom stereocenters. The van der Waals surface area contributed by atoms with Crippen molar-refractivity contribution in [3.8, 4) is 11.1 Å². The molecule has 3 N–H and O–H groups in total. The van der Waals surface area contributed by atoms with Gasteiger partial charge in [0.2, 0.25) is 0 Å². The first-order valence-corrected chi connectivity index (χ1v) is 11.5. The van der Waals surface area contributed by atoms with Crippen LogP contribution in [0, 0.1) is 0 Å². The van der Waals surface area contributed by atoms with Crippen LogP contribution in [0.25, 0.3) is 22.0 Å². The predicted octanol–water partition coefficient (Wildman–Crippen LogP) is 4.55. The number of aromatic nitrogens is 1. The molecule has 0 saturated carbocycles. The number of hydrogen-bond acceptors (Lipinski definition) is 4. The number of ether oxygens (including phenoxy) is 1. The summed E-state index contributed by atoms with van der Waals surface area (Å²) in [6.07, 6.45) is -1.21. The van der Waals surface area contributed by atoms with Gasteiger partial charge in [-0.15, -0.1) is 0 Å². The molecule has 1 saturated heterocycles. The van der Waals surface area contributed by atoms with Crippen LogP contribution in [0.3, 0.4) is 0 Å². The van der Waals surface area contributed by atoms with Gasteiger partial charge in [-0.05, 0) is 22.8 Å². The number of para-hydroxylation sites is 1. The summed E-state index contributed by atoms with van der Waals surface area (Å²) in [6, 6.07) is 24.3. The highest BCUT2D eigenvalue weighted by Crippen LogP contribution is 2.39. The van der Waals surface area contributed by atoms with E-state index in [4.69, 9.17) is 16.3 Å². The number of halogens is 1. The second-order valence-electron chi connectivity index (χ2n) is 8.57. The fourth-order valence-corrected chi connectivity index (χ4v) is 4.94. The molecule has 0 radical (unpaired) electrons. The zero-order valence-corrected chi connectivity index (χ0v) is 18.8. The summed E-state index contributed by atoms with van der Waals surface area (Å²) in [5.41, 5.74) is 5.02. The molecule has 1 aliphatic heterocycles. The quantitative estimate of drug-likeness (QED) is 0.406. The Morgan fingerprint density at radius 1 is 0.909 bits per heavy atom. The minimum absolute atomic E-state index is 0.196. The number of benzene rings is 3. The van der Waals surface area contributed by atoms with Crippen LogP contribution in [0.4, 0.5) is 0 Å². The first-order chi connectivity index (χ1) is 16.0. The lowest BCUT2D eigenvalue weighted by molar-refractivity contribution is -0.179. The fourth-order valence-electron chi connectivity index (χ4n) is 4.65. The maximum absolute atomic E-state index is 10.7. The first kappa shape index (κ1) is 22.1. The van der Waals surface area contributed by atoms with Crippen LogP contribution in [-0.4, -0.2) is 44.8 Å². The van der Waals surface area contributed by atoms with E-state index in [-0.39, 0.29) is 13.0 Å². The molecular weight excluding hydrogens is 438 g/mol. The largest absolute Gasteiger partial charge is 0.394 e. The predicted molar refractivity (Wildman–Crippen MR) is 129 cm³/mol. The van der Waals surface area contributed by atoms with Crippen LogP contribution in [0.1, 0.15) is 23.7 Å². The Balaban J connectivity index is 1.50. The van der Waals surface area contributed by atoms with Gasteiger partial charge in [0.15, 0.2) is 0 Å². The van der Waals surface area contributed by atoms with Gasteiger partial charge in [-0.25, -0.2) is 0 Å². The van der Waals surface area contributed by atoms with E-state index in [1.165, 1.54) is 5.56 Å². The Morgan fingerprint density at radius 3 is 2.36 bits per heavy atom. The minimum Gasteiger partial charge on any atom is -0.394 e. The molecule has 0 unspecified atom stereocenters. The molecule has 1 aliphatic rings. The first-order valence-electron chi connectivity index (χ1n) is 11.1. The van der Waals surface area contributed by atoms with Crippen molar-refractivity contribution < 1.29 is 20.1 Å². The molecule has 5 nitrogen and oxygen atoms in total. The van der Waals surface area contributed by atoms with Crippen molar-refractivity contribution in [3.05, 3.63) is 95.1 Å². The molecule has 1 fully saturated rings. The zero-order valence-electron chi connectivity index (χ0n) is 18.0. The standard InChI is InChI=1S/C27H26ClNO4/c28-23-8-4-7-21-22(27-26(32)24(31)13-20(16-30)33-27)15-29(25(21)23)14-17-9-11-19(12-10-17)18-5-2-1-3-6-18/h1-12,15,20,24,26-27,30-32H,13-14,16H2/t20-,24-,26-,27-/m0/s1. The van der Waals surface area contributed by atoms with Crippen LogP contribution < -0.4 is 0 Å². The highest BCUT2D eigenvalue weighted by Gasteiger charge is 2.38. The topological polar surface area (TPSA) is 74.9 Å². The number of aliphatic hydroxyl groups excluding tert-OH is 3. The molecule has 0 aliphatic carbocycles. The SMILES string of the molecule is OC[C@@H]1C[C@H](O)[C@H](O)[C@H](c2cn(Cc3ccc(-c4ccccc4)cc3)c3c(Cl)cccc23)O1. The van der Waals surface area contributed by atoms with Crippen molar-refractivity contribution >= 4 is 22.5 Å². The van der Waals surface area contributed by atoms with E-state index in [1.54, 1.807) is 0 Å². The summed E-state index contributed by atoms with van der Waals surface area (Å²) in [6.45, 7) is 0.373. The zero-order chi connectivity index (χ0) is 22.9. The fraction of sp³-hybridized carbons (Fsp3) is 0.259. The van der Waals surface area contributed by atoms with Crippen LogP contribution in [-0.2, 0) is 11.3 Å². The summed E-state index contributed by atoms with van der Waals surface area (Å²) >= 11 is 6.59. The lowest BCUT2D eigenvalue weighted by Crippen LogP contribution is -2.44. The van der Waals surface area contributed by atoms with Crippen molar-refractivity contribution in [2.45, 2.75) is 37.4 Å². The van der Waals surface area contributed by atoms with Crippen LogP contribution in [0.2, 0.25) is 5.02 Å². The molecule has 0 bridgehead atoms. The lowest BCUT2D eigenvalue weighted by atomic mass is 9.93. The Morgan fingerprint density at radius 2 is 1.64 bits per heavy atom. The molecule has 4 aromatic rings. The maximum atomic E-state index is 10.7. The highest BCUT2D eigenvalue weighted by atomic mass is 35.5. The van der Waals surface area contributed by atoms with Crippen molar-refractivity contribution in [2.24, 2.45) is 0 Å². The van der Waals surface area contributed by atoms with Gasteiger partial charge >= 0.3 is 0 Å². The monoisotopic (exact) mass is 463 g/mol. The molecule has 5 rings (SSSR count). The van der Waals surface area contributed by atoms with Crippen molar-refractivity contribution in [2.75, 3.05) is 6.61 Å². The average Bonchev–Trinajstić information content (AvgIpc) is 3.21. The van der Waals surface area contributed by atoms with Gasteiger partial charge in [0.25, 0.3) is 0 Å². The highest BCUT2D eigenvalue weighted by molar-refractivity contribution is 6.35. The van der Waals surface area contributed by atoms with E-state index < -0.39 is 24.4 Å².